The molecule has 1 heterocycles. The summed E-state index contributed by atoms with van der Waals surface area (Å²) < 4.78 is 0. The molecule has 3 nitrogen and oxygen atoms in total. The molecule has 1 aliphatic carbocycles. The molecule has 92 valence electrons. The predicted molar refractivity (Wildman–Crippen MR) is 62.9 cm³/mol. The van der Waals surface area contributed by atoms with Crippen LogP contribution in [0.15, 0.2) is 0 Å². The molecule has 3 heteroatoms. The first kappa shape index (κ1) is 11.9. The zero-order valence-electron chi connectivity index (χ0n) is 10.4. The molecule has 1 saturated carbocycles. The quantitative estimate of drug-likeness (QED) is 0.778. The highest BCUT2D eigenvalue weighted by Gasteiger charge is 2.37. The topological polar surface area (TPSA) is 40.5 Å². The van der Waals surface area contributed by atoms with E-state index in [-0.39, 0.29) is 18.4 Å². The molecular formula is C13H23NO2. The monoisotopic (exact) mass is 225 g/mol. The molecule has 1 unspecified atom stereocenters. The van der Waals surface area contributed by atoms with Crippen molar-refractivity contribution in [2.24, 2.45) is 11.3 Å². The summed E-state index contributed by atoms with van der Waals surface area (Å²) in [6.45, 7) is 5.55. The summed E-state index contributed by atoms with van der Waals surface area (Å²) in [6.07, 6.45) is 5.25. The Morgan fingerprint density at radius 2 is 2.00 bits per heavy atom. The van der Waals surface area contributed by atoms with Crippen molar-refractivity contribution in [1.82, 2.24) is 4.90 Å². The second-order valence-electron chi connectivity index (χ2n) is 6.19. The minimum atomic E-state index is 0.153. The lowest BCUT2D eigenvalue weighted by molar-refractivity contribution is -0.130. The minimum Gasteiger partial charge on any atom is -0.396 e. The molecule has 1 N–H and O–H groups in total. The number of rotatable bonds is 2. The van der Waals surface area contributed by atoms with Crippen molar-refractivity contribution in [3.63, 3.8) is 0 Å². The van der Waals surface area contributed by atoms with Gasteiger partial charge in [0.1, 0.15) is 0 Å². The lowest BCUT2D eigenvalue weighted by Crippen LogP contribution is -2.40. The van der Waals surface area contributed by atoms with E-state index in [2.05, 4.69) is 13.8 Å². The molecule has 1 aliphatic heterocycles. The number of carbonyl (C=O) groups excluding carboxylic acids is 1. The van der Waals surface area contributed by atoms with Crippen LogP contribution < -0.4 is 0 Å². The summed E-state index contributed by atoms with van der Waals surface area (Å²) in [7, 11) is 0. The van der Waals surface area contributed by atoms with Crippen molar-refractivity contribution < 1.29 is 9.90 Å². The fraction of sp³-hybridized carbons (Fsp3) is 0.923. The molecule has 2 fully saturated rings. The van der Waals surface area contributed by atoms with Crippen molar-refractivity contribution in [3.8, 4) is 0 Å². The van der Waals surface area contributed by atoms with Crippen LogP contribution in [0.5, 0.6) is 0 Å². The number of hydrogen-bond donors (Lipinski definition) is 1. The molecule has 0 aromatic rings. The molecule has 2 aliphatic rings. The van der Waals surface area contributed by atoms with Gasteiger partial charge in [-0.3, -0.25) is 4.79 Å². The molecule has 0 aromatic heterocycles. The highest BCUT2D eigenvalue weighted by Crippen LogP contribution is 2.38. The van der Waals surface area contributed by atoms with Crippen LogP contribution in [0.3, 0.4) is 0 Å². The van der Waals surface area contributed by atoms with Gasteiger partial charge in [0.2, 0.25) is 5.91 Å². The Kier molecular flexibility index (Phi) is 3.24. The second kappa shape index (κ2) is 4.36. The molecular weight excluding hydrogens is 202 g/mol. The summed E-state index contributed by atoms with van der Waals surface area (Å²) in [5.74, 6) is 0.436. The maximum absolute atomic E-state index is 11.8. The zero-order chi connectivity index (χ0) is 11.8. The smallest absolute Gasteiger partial charge is 0.223 e. The number of nitrogens with zero attached hydrogens (tertiary/aromatic N) is 1. The van der Waals surface area contributed by atoms with Gasteiger partial charge in [-0.15, -0.1) is 0 Å². The van der Waals surface area contributed by atoms with Crippen molar-refractivity contribution in [1.29, 1.82) is 0 Å². The van der Waals surface area contributed by atoms with E-state index >= 15 is 0 Å². The van der Waals surface area contributed by atoms with Crippen LogP contribution in [0.2, 0.25) is 0 Å². The zero-order valence-corrected chi connectivity index (χ0v) is 10.4. The Hall–Kier alpha value is -0.570. The fourth-order valence-electron chi connectivity index (χ4n) is 2.98. The Labute approximate surface area is 97.8 Å². The molecule has 1 atom stereocenters. The maximum atomic E-state index is 11.8. The summed E-state index contributed by atoms with van der Waals surface area (Å²) in [5.41, 5.74) is 0.454. The first-order valence-corrected chi connectivity index (χ1v) is 6.42. The van der Waals surface area contributed by atoms with Gasteiger partial charge < -0.3 is 10.0 Å². The van der Waals surface area contributed by atoms with Crippen LogP contribution >= 0.6 is 0 Å². The number of amides is 1. The minimum absolute atomic E-state index is 0.153. The van der Waals surface area contributed by atoms with Crippen LogP contribution in [0.1, 0.15) is 46.0 Å². The first-order chi connectivity index (χ1) is 7.52. The Balaban J connectivity index is 1.92. The molecule has 0 radical (unpaired) electrons. The van der Waals surface area contributed by atoms with Crippen LogP contribution in [-0.4, -0.2) is 35.1 Å². The number of likely N-dealkylation sites (tertiary alicyclic amines) is 1. The summed E-state index contributed by atoms with van der Waals surface area (Å²) in [6, 6.07) is 0.442. The Bertz CT molecular complexity index is 265. The van der Waals surface area contributed by atoms with Crippen LogP contribution in [0.25, 0.3) is 0 Å². The van der Waals surface area contributed by atoms with Gasteiger partial charge in [0.05, 0.1) is 0 Å². The number of carbonyl (C=O) groups is 1. The fourth-order valence-corrected chi connectivity index (χ4v) is 2.98. The standard InChI is InChI=1S/C13H23NO2/c1-13(2)5-3-11(4-6-13)14-8-10(9-15)7-12(14)16/h10-11,15H,3-9H2,1-2H3. The third-order valence-electron chi connectivity index (χ3n) is 4.25. The van der Waals surface area contributed by atoms with E-state index in [1.54, 1.807) is 0 Å². The van der Waals surface area contributed by atoms with Crippen molar-refractivity contribution in [2.75, 3.05) is 13.2 Å². The third-order valence-corrected chi connectivity index (χ3v) is 4.25. The molecule has 16 heavy (non-hydrogen) atoms. The van der Waals surface area contributed by atoms with Gasteiger partial charge in [-0.25, -0.2) is 0 Å². The summed E-state index contributed by atoms with van der Waals surface area (Å²) >= 11 is 0. The van der Waals surface area contributed by atoms with Gasteiger partial charge in [-0.1, -0.05) is 13.8 Å². The van der Waals surface area contributed by atoms with E-state index in [1.807, 2.05) is 4.90 Å². The van der Waals surface area contributed by atoms with Crippen LogP contribution in [0.4, 0.5) is 0 Å². The first-order valence-electron chi connectivity index (χ1n) is 6.42. The normalized spacial score (nSPS) is 31.1. The van der Waals surface area contributed by atoms with Crippen LogP contribution in [-0.2, 0) is 4.79 Å². The largest absolute Gasteiger partial charge is 0.396 e. The predicted octanol–water partition coefficient (Wildman–Crippen LogP) is 1.80. The number of aliphatic hydroxyl groups excluding tert-OH is 1. The van der Waals surface area contributed by atoms with E-state index < -0.39 is 0 Å². The van der Waals surface area contributed by atoms with E-state index in [9.17, 15) is 4.79 Å². The van der Waals surface area contributed by atoms with Gasteiger partial charge in [0.15, 0.2) is 0 Å². The van der Waals surface area contributed by atoms with Gasteiger partial charge in [0, 0.05) is 31.5 Å². The van der Waals surface area contributed by atoms with Crippen molar-refractivity contribution in [3.05, 3.63) is 0 Å². The molecule has 2 rings (SSSR count). The van der Waals surface area contributed by atoms with Crippen molar-refractivity contribution >= 4 is 5.91 Å². The third kappa shape index (κ3) is 2.40. The highest BCUT2D eigenvalue weighted by molar-refractivity contribution is 5.79. The molecule has 0 bridgehead atoms. The number of aliphatic hydroxyl groups is 1. The lowest BCUT2D eigenvalue weighted by atomic mass is 9.75. The maximum Gasteiger partial charge on any atom is 0.223 e. The van der Waals surface area contributed by atoms with Crippen molar-refractivity contribution in [2.45, 2.75) is 52.0 Å². The van der Waals surface area contributed by atoms with Crippen LogP contribution in [0, 0.1) is 11.3 Å². The second-order valence-corrected chi connectivity index (χ2v) is 6.19. The Morgan fingerprint density at radius 3 is 2.50 bits per heavy atom. The van der Waals surface area contributed by atoms with E-state index in [0.717, 1.165) is 19.4 Å². The number of hydrogen-bond acceptors (Lipinski definition) is 2. The summed E-state index contributed by atoms with van der Waals surface area (Å²) in [5, 5.41) is 9.10. The van der Waals surface area contributed by atoms with E-state index in [0.29, 0.717) is 17.9 Å². The van der Waals surface area contributed by atoms with Gasteiger partial charge in [0.25, 0.3) is 0 Å². The lowest BCUT2D eigenvalue weighted by Gasteiger charge is -2.38. The molecule has 1 amide bonds. The van der Waals surface area contributed by atoms with Gasteiger partial charge in [-0.05, 0) is 31.1 Å². The SMILES string of the molecule is CC1(C)CCC(N2CC(CO)CC2=O)CC1. The molecule has 1 saturated heterocycles. The molecule has 0 aromatic carbocycles. The average Bonchev–Trinajstić information content (AvgIpc) is 2.60. The highest BCUT2D eigenvalue weighted by atomic mass is 16.3. The van der Waals surface area contributed by atoms with E-state index in [4.69, 9.17) is 5.11 Å². The van der Waals surface area contributed by atoms with Gasteiger partial charge >= 0.3 is 0 Å². The van der Waals surface area contributed by atoms with E-state index in [1.165, 1.54) is 12.8 Å². The molecule has 0 spiro atoms. The average molecular weight is 225 g/mol. The van der Waals surface area contributed by atoms with Gasteiger partial charge in [-0.2, -0.15) is 0 Å². The summed E-state index contributed by atoms with van der Waals surface area (Å²) in [4.78, 5) is 13.8. The Morgan fingerprint density at radius 1 is 1.38 bits per heavy atom.